The Balaban J connectivity index is 3.03. The molecule has 0 spiro atoms. The molecule has 5 heteroatoms. The highest BCUT2D eigenvalue weighted by Gasteiger charge is 2.16. The van der Waals surface area contributed by atoms with E-state index >= 15 is 0 Å². The average Bonchev–Trinajstić information content (AvgIpc) is 2.08. The van der Waals surface area contributed by atoms with Gasteiger partial charge in [0.25, 0.3) is 0 Å². The average molecular weight is 296 g/mol. The molecule has 0 heterocycles. The Kier molecular flexibility index (Phi) is 3.21. The van der Waals surface area contributed by atoms with Crippen molar-refractivity contribution >= 4 is 28.6 Å². The lowest BCUT2D eigenvalue weighted by molar-refractivity contribution is -0.146. The number of aliphatic hydroxyl groups excluding tert-OH is 1. The van der Waals surface area contributed by atoms with E-state index in [4.69, 9.17) is 10.2 Å². The van der Waals surface area contributed by atoms with Gasteiger partial charge in [-0.1, -0.05) is 6.07 Å². The van der Waals surface area contributed by atoms with Crippen LogP contribution in [0.2, 0.25) is 0 Å². The van der Waals surface area contributed by atoms with Gasteiger partial charge in [0.05, 0.1) is 0 Å². The van der Waals surface area contributed by atoms with Crippen molar-refractivity contribution in [2.75, 3.05) is 0 Å². The summed E-state index contributed by atoms with van der Waals surface area (Å²) in [6, 6.07) is 3.81. The second-order valence-corrected chi connectivity index (χ2v) is 3.58. The topological polar surface area (TPSA) is 57.5 Å². The molecular formula is C8H6FIO3. The number of hydrogen-bond donors (Lipinski definition) is 2. The molecule has 1 aromatic rings. The van der Waals surface area contributed by atoms with Crippen LogP contribution in [0.1, 0.15) is 11.7 Å². The van der Waals surface area contributed by atoms with E-state index in [0.29, 0.717) is 3.57 Å². The molecular weight excluding hydrogens is 290 g/mol. The fourth-order valence-electron chi connectivity index (χ4n) is 0.825. The zero-order chi connectivity index (χ0) is 10.0. The summed E-state index contributed by atoms with van der Waals surface area (Å²) in [5, 5.41) is 17.5. The SMILES string of the molecule is O=C(O)C(O)c1ccc(I)c(F)c1. The third-order valence-corrected chi connectivity index (χ3v) is 2.37. The van der Waals surface area contributed by atoms with E-state index in [0.717, 1.165) is 6.07 Å². The second-order valence-electron chi connectivity index (χ2n) is 2.41. The van der Waals surface area contributed by atoms with Crippen molar-refractivity contribution in [2.45, 2.75) is 6.10 Å². The number of benzene rings is 1. The van der Waals surface area contributed by atoms with Crippen LogP contribution in [0.15, 0.2) is 18.2 Å². The molecule has 0 bridgehead atoms. The zero-order valence-corrected chi connectivity index (χ0v) is 8.53. The summed E-state index contributed by atoms with van der Waals surface area (Å²) in [7, 11) is 0. The van der Waals surface area contributed by atoms with Crippen LogP contribution in [0.5, 0.6) is 0 Å². The van der Waals surface area contributed by atoms with Gasteiger partial charge in [-0.15, -0.1) is 0 Å². The number of carbonyl (C=O) groups is 1. The lowest BCUT2D eigenvalue weighted by Gasteiger charge is -2.05. The standard InChI is InChI=1S/C8H6FIO3/c9-5-3-4(1-2-6(5)10)7(11)8(12)13/h1-3,7,11H,(H,12,13). The molecule has 70 valence electrons. The summed E-state index contributed by atoms with van der Waals surface area (Å²) in [5.41, 5.74) is 0.0467. The molecule has 1 atom stereocenters. The van der Waals surface area contributed by atoms with Crippen LogP contribution in [-0.2, 0) is 4.79 Å². The number of carboxylic acids is 1. The monoisotopic (exact) mass is 296 g/mol. The molecule has 0 aliphatic carbocycles. The van der Waals surface area contributed by atoms with E-state index in [1.165, 1.54) is 12.1 Å². The number of aliphatic hydroxyl groups is 1. The quantitative estimate of drug-likeness (QED) is 0.814. The molecule has 0 aliphatic rings. The fraction of sp³-hybridized carbons (Fsp3) is 0.125. The molecule has 0 aliphatic heterocycles. The van der Waals surface area contributed by atoms with Crippen molar-refractivity contribution in [3.8, 4) is 0 Å². The maximum atomic E-state index is 12.9. The predicted molar refractivity (Wildman–Crippen MR) is 51.7 cm³/mol. The summed E-state index contributed by atoms with van der Waals surface area (Å²) < 4.78 is 13.3. The van der Waals surface area contributed by atoms with Gasteiger partial charge in [0, 0.05) is 3.57 Å². The summed E-state index contributed by atoms with van der Waals surface area (Å²) in [6.07, 6.45) is -1.66. The molecule has 0 fully saturated rings. The molecule has 0 amide bonds. The summed E-state index contributed by atoms with van der Waals surface area (Å²) >= 11 is 1.78. The Morgan fingerprint density at radius 1 is 1.54 bits per heavy atom. The van der Waals surface area contributed by atoms with Crippen molar-refractivity contribution in [3.63, 3.8) is 0 Å². The third-order valence-electron chi connectivity index (χ3n) is 1.49. The molecule has 1 rings (SSSR count). The first-order valence-electron chi connectivity index (χ1n) is 3.38. The number of carboxylic acid groups (broad SMARTS) is 1. The molecule has 2 N–H and O–H groups in total. The minimum absolute atomic E-state index is 0.0467. The van der Waals surface area contributed by atoms with Gasteiger partial charge in [0.15, 0.2) is 6.10 Å². The van der Waals surface area contributed by atoms with Crippen LogP contribution in [0, 0.1) is 9.39 Å². The van der Waals surface area contributed by atoms with Crippen LogP contribution in [0.4, 0.5) is 4.39 Å². The lowest BCUT2D eigenvalue weighted by atomic mass is 10.1. The largest absolute Gasteiger partial charge is 0.479 e. The summed E-state index contributed by atoms with van der Waals surface area (Å²) in [4.78, 5) is 10.3. The smallest absolute Gasteiger partial charge is 0.337 e. The van der Waals surface area contributed by atoms with Crippen LogP contribution in [0.25, 0.3) is 0 Å². The van der Waals surface area contributed by atoms with Gasteiger partial charge in [0.1, 0.15) is 5.82 Å². The van der Waals surface area contributed by atoms with E-state index < -0.39 is 17.9 Å². The van der Waals surface area contributed by atoms with Gasteiger partial charge in [0.2, 0.25) is 0 Å². The molecule has 0 radical (unpaired) electrons. The first-order chi connectivity index (χ1) is 6.02. The molecule has 13 heavy (non-hydrogen) atoms. The predicted octanol–water partition coefficient (Wildman–Crippen LogP) is 1.55. The molecule has 1 unspecified atom stereocenters. The minimum Gasteiger partial charge on any atom is -0.479 e. The molecule has 3 nitrogen and oxygen atoms in total. The van der Waals surface area contributed by atoms with Crippen molar-refractivity contribution < 1.29 is 19.4 Å². The molecule has 0 aromatic heterocycles. The maximum Gasteiger partial charge on any atom is 0.337 e. The van der Waals surface area contributed by atoms with Gasteiger partial charge in [-0.05, 0) is 40.3 Å². The highest BCUT2D eigenvalue weighted by Crippen LogP contribution is 2.18. The molecule has 0 saturated carbocycles. The Morgan fingerprint density at radius 2 is 2.15 bits per heavy atom. The lowest BCUT2D eigenvalue weighted by Crippen LogP contribution is -2.10. The normalized spacial score (nSPS) is 12.5. The number of rotatable bonds is 2. The van der Waals surface area contributed by atoms with E-state index in [2.05, 4.69) is 0 Å². The van der Waals surface area contributed by atoms with Gasteiger partial charge in [-0.3, -0.25) is 0 Å². The number of aliphatic carboxylic acids is 1. The highest BCUT2D eigenvalue weighted by molar-refractivity contribution is 14.1. The summed E-state index contributed by atoms with van der Waals surface area (Å²) in [6.45, 7) is 0. The van der Waals surface area contributed by atoms with Crippen LogP contribution in [-0.4, -0.2) is 16.2 Å². The first kappa shape index (κ1) is 10.4. The van der Waals surface area contributed by atoms with E-state index in [1.807, 2.05) is 0 Å². The van der Waals surface area contributed by atoms with Gasteiger partial charge < -0.3 is 10.2 Å². The van der Waals surface area contributed by atoms with E-state index in [-0.39, 0.29) is 5.56 Å². The van der Waals surface area contributed by atoms with Gasteiger partial charge >= 0.3 is 5.97 Å². The van der Waals surface area contributed by atoms with Gasteiger partial charge in [-0.2, -0.15) is 0 Å². The number of halogens is 2. The van der Waals surface area contributed by atoms with E-state index in [1.54, 1.807) is 22.6 Å². The molecule has 0 saturated heterocycles. The first-order valence-corrected chi connectivity index (χ1v) is 4.46. The fourth-order valence-corrected chi connectivity index (χ4v) is 1.16. The molecule has 1 aromatic carbocycles. The Morgan fingerprint density at radius 3 is 2.62 bits per heavy atom. The Labute approximate surface area is 87.3 Å². The maximum absolute atomic E-state index is 12.9. The Hall–Kier alpha value is -0.690. The van der Waals surface area contributed by atoms with Crippen molar-refractivity contribution in [3.05, 3.63) is 33.1 Å². The van der Waals surface area contributed by atoms with Crippen molar-refractivity contribution in [1.29, 1.82) is 0 Å². The van der Waals surface area contributed by atoms with Crippen molar-refractivity contribution in [2.24, 2.45) is 0 Å². The zero-order valence-electron chi connectivity index (χ0n) is 6.37. The van der Waals surface area contributed by atoms with Crippen LogP contribution < -0.4 is 0 Å². The Bertz CT molecular complexity index is 340. The summed E-state index contributed by atoms with van der Waals surface area (Å²) in [5.74, 6) is -1.92. The van der Waals surface area contributed by atoms with E-state index in [9.17, 15) is 9.18 Å². The van der Waals surface area contributed by atoms with Crippen LogP contribution >= 0.6 is 22.6 Å². The third kappa shape index (κ3) is 2.38. The van der Waals surface area contributed by atoms with Crippen LogP contribution in [0.3, 0.4) is 0 Å². The second kappa shape index (κ2) is 4.01. The number of hydrogen-bond acceptors (Lipinski definition) is 2. The highest BCUT2D eigenvalue weighted by atomic mass is 127. The minimum atomic E-state index is -1.66. The van der Waals surface area contributed by atoms with Crippen molar-refractivity contribution in [1.82, 2.24) is 0 Å². The van der Waals surface area contributed by atoms with Gasteiger partial charge in [-0.25, -0.2) is 9.18 Å².